The van der Waals surface area contributed by atoms with Crippen molar-refractivity contribution in [1.82, 2.24) is 16.0 Å². The van der Waals surface area contributed by atoms with Crippen LogP contribution in [-0.4, -0.2) is 23.1 Å². The van der Waals surface area contributed by atoms with E-state index < -0.39 is 29.7 Å². The zero-order chi connectivity index (χ0) is 18.8. The van der Waals surface area contributed by atoms with Crippen LogP contribution in [-0.2, 0) is 11.3 Å². The van der Waals surface area contributed by atoms with Gasteiger partial charge in [0.15, 0.2) is 0 Å². The lowest BCUT2D eigenvalue weighted by molar-refractivity contribution is -0.118. The third-order valence-corrected chi connectivity index (χ3v) is 4.38. The third-order valence-electron chi connectivity index (χ3n) is 4.38. The Balaban J connectivity index is 1.68. The molecule has 6 nitrogen and oxygen atoms in total. The summed E-state index contributed by atoms with van der Waals surface area (Å²) in [5.74, 6) is -1.91. The molecule has 1 aliphatic heterocycles. The lowest BCUT2D eigenvalue weighted by Gasteiger charge is -2.22. The first-order chi connectivity index (χ1) is 12.3. The van der Waals surface area contributed by atoms with Crippen molar-refractivity contribution in [1.29, 1.82) is 0 Å². The van der Waals surface area contributed by atoms with Crippen molar-refractivity contribution in [3.8, 4) is 0 Å². The van der Waals surface area contributed by atoms with E-state index in [0.29, 0.717) is 6.54 Å². The quantitative estimate of drug-likeness (QED) is 0.666. The van der Waals surface area contributed by atoms with Gasteiger partial charge in [-0.1, -0.05) is 23.8 Å². The van der Waals surface area contributed by atoms with Gasteiger partial charge in [0.05, 0.1) is 11.9 Å². The number of nitrogens with zero attached hydrogens (tertiary/aromatic N) is 1. The van der Waals surface area contributed by atoms with Gasteiger partial charge < -0.3 is 11.1 Å². The minimum atomic E-state index is -0.831. The maximum Gasteiger partial charge on any atom is 0.246 e. The van der Waals surface area contributed by atoms with Crippen LogP contribution in [0.15, 0.2) is 36.4 Å². The number of hydrogen-bond donors (Lipinski definition) is 4. The van der Waals surface area contributed by atoms with E-state index in [1.165, 1.54) is 0 Å². The molecule has 0 spiro atoms. The molecule has 3 rings (SSSR count). The molecule has 0 aromatic heterocycles. The van der Waals surface area contributed by atoms with Crippen LogP contribution in [0.1, 0.15) is 16.7 Å². The van der Waals surface area contributed by atoms with Crippen LogP contribution in [0.5, 0.6) is 0 Å². The number of anilines is 1. The molecule has 2 unspecified atom stereocenters. The second-order valence-corrected chi connectivity index (χ2v) is 6.40. The smallest absolute Gasteiger partial charge is 0.246 e. The van der Waals surface area contributed by atoms with E-state index in [2.05, 4.69) is 22.3 Å². The minimum absolute atomic E-state index is 0.225. The Kier molecular flexibility index (Phi) is 5.28. The Morgan fingerprint density at radius 3 is 2.77 bits per heavy atom. The lowest BCUT2D eigenvalue weighted by Crippen LogP contribution is -2.49. The highest BCUT2D eigenvalue weighted by molar-refractivity contribution is 5.95. The second kappa shape index (κ2) is 7.46. The molecule has 1 amide bonds. The van der Waals surface area contributed by atoms with E-state index in [-0.39, 0.29) is 5.69 Å². The molecule has 2 aromatic carbocycles. The lowest BCUT2D eigenvalue weighted by atomic mass is 10.1. The van der Waals surface area contributed by atoms with Crippen LogP contribution in [0.4, 0.5) is 14.5 Å². The fraction of sp³-hybridized carbons (Fsp3) is 0.278. The molecule has 1 aliphatic rings. The number of hydrazine groups is 2. The fourth-order valence-electron chi connectivity index (χ4n) is 2.82. The van der Waals surface area contributed by atoms with Crippen LogP contribution in [0.25, 0.3) is 0 Å². The molecular formula is C18H21F2N5O. The molecule has 8 heteroatoms. The zero-order valence-electron chi connectivity index (χ0n) is 14.5. The molecule has 26 heavy (non-hydrogen) atoms. The highest BCUT2D eigenvalue weighted by atomic mass is 19.1. The monoisotopic (exact) mass is 361 g/mol. The number of rotatable bonds is 4. The number of halogens is 2. The van der Waals surface area contributed by atoms with Gasteiger partial charge in [-0.3, -0.25) is 4.79 Å². The highest BCUT2D eigenvalue weighted by Crippen LogP contribution is 2.18. The summed E-state index contributed by atoms with van der Waals surface area (Å²) in [5, 5.41) is 4.05. The summed E-state index contributed by atoms with van der Waals surface area (Å²) < 4.78 is 26.9. The maximum absolute atomic E-state index is 13.7. The largest absolute Gasteiger partial charge is 0.322 e. The van der Waals surface area contributed by atoms with Gasteiger partial charge in [0.2, 0.25) is 5.91 Å². The average molecular weight is 361 g/mol. The summed E-state index contributed by atoms with van der Waals surface area (Å²) in [7, 11) is 0. The first-order valence-electron chi connectivity index (χ1n) is 8.20. The number of hydrogen-bond acceptors (Lipinski definition) is 5. The summed E-state index contributed by atoms with van der Waals surface area (Å²) in [6.45, 7) is 4.49. The standard InChI is InChI=1S/C18H21F2N5O/c1-10-3-4-11(2)12(7-10)9-25-17(21)16(23-24-25)18(26)22-15-8-13(19)5-6-14(15)20/h3-8,16-17,23-24H,9,21H2,1-2H3,(H,22,26). The highest BCUT2D eigenvalue weighted by Gasteiger charge is 2.36. The van der Waals surface area contributed by atoms with Gasteiger partial charge in [-0.25, -0.2) is 19.2 Å². The Morgan fingerprint density at radius 1 is 1.23 bits per heavy atom. The summed E-state index contributed by atoms with van der Waals surface area (Å²) in [6, 6.07) is 8.14. The number of nitrogens with two attached hydrogens (primary N) is 1. The predicted molar refractivity (Wildman–Crippen MR) is 94.5 cm³/mol. The first-order valence-corrected chi connectivity index (χ1v) is 8.20. The summed E-state index contributed by atoms with van der Waals surface area (Å²) in [6.07, 6.45) is -0.688. The Bertz CT molecular complexity index is 829. The van der Waals surface area contributed by atoms with Crippen molar-refractivity contribution in [2.75, 3.05) is 5.32 Å². The van der Waals surface area contributed by atoms with Gasteiger partial charge in [0.1, 0.15) is 17.7 Å². The number of carbonyl (C=O) groups is 1. The van der Waals surface area contributed by atoms with Gasteiger partial charge in [0, 0.05) is 12.6 Å². The molecule has 0 radical (unpaired) electrons. The normalized spacial score (nSPS) is 20.3. The summed E-state index contributed by atoms with van der Waals surface area (Å²) in [4.78, 5) is 12.4. The Labute approximate surface area is 150 Å². The molecule has 5 N–H and O–H groups in total. The molecule has 0 saturated carbocycles. The van der Waals surface area contributed by atoms with Crippen LogP contribution in [0.2, 0.25) is 0 Å². The second-order valence-electron chi connectivity index (χ2n) is 6.40. The van der Waals surface area contributed by atoms with E-state index >= 15 is 0 Å². The van der Waals surface area contributed by atoms with Crippen LogP contribution in [0, 0.1) is 25.5 Å². The molecule has 138 valence electrons. The zero-order valence-corrected chi connectivity index (χ0v) is 14.5. The molecule has 0 aliphatic carbocycles. The van der Waals surface area contributed by atoms with Crippen molar-refractivity contribution in [3.63, 3.8) is 0 Å². The maximum atomic E-state index is 13.7. The number of aryl methyl sites for hydroxylation is 2. The Morgan fingerprint density at radius 2 is 2.00 bits per heavy atom. The first kappa shape index (κ1) is 18.4. The van der Waals surface area contributed by atoms with Gasteiger partial charge in [-0.15, -0.1) is 0 Å². The van der Waals surface area contributed by atoms with E-state index in [0.717, 1.165) is 34.9 Å². The molecule has 0 bridgehead atoms. The topological polar surface area (TPSA) is 82.4 Å². The minimum Gasteiger partial charge on any atom is -0.322 e. The van der Waals surface area contributed by atoms with Crippen molar-refractivity contribution < 1.29 is 13.6 Å². The predicted octanol–water partition coefficient (Wildman–Crippen LogP) is 1.70. The van der Waals surface area contributed by atoms with Crippen molar-refractivity contribution >= 4 is 11.6 Å². The summed E-state index contributed by atoms with van der Waals surface area (Å²) in [5.41, 5.74) is 14.9. The fourth-order valence-corrected chi connectivity index (χ4v) is 2.82. The molecule has 1 saturated heterocycles. The van der Waals surface area contributed by atoms with E-state index in [1.54, 1.807) is 5.01 Å². The number of amides is 1. The van der Waals surface area contributed by atoms with Gasteiger partial charge in [0.25, 0.3) is 0 Å². The van der Waals surface area contributed by atoms with Crippen LogP contribution in [0.3, 0.4) is 0 Å². The molecule has 1 heterocycles. The molecule has 2 atom stereocenters. The van der Waals surface area contributed by atoms with E-state index in [9.17, 15) is 13.6 Å². The van der Waals surface area contributed by atoms with Gasteiger partial charge in [-0.05, 0) is 37.1 Å². The molecule has 1 fully saturated rings. The molecular weight excluding hydrogens is 340 g/mol. The van der Waals surface area contributed by atoms with Gasteiger partial charge in [-0.2, -0.15) is 5.53 Å². The van der Waals surface area contributed by atoms with Crippen LogP contribution >= 0.6 is 0 Å². The van der Waals surface area contributed by atoms with Crippen molar-refractivity contribution in [2.24, 2.45) is 5.73 Å². The SMILES string of the molecule is Cc1ccc(C)c(CN2NNC(C(=O)Nc3cc(F)ccc3F)C2N)c1. The van der Waals surface area contributed by atoms with Gasteiger partial charge >= 0.3 is 0 Å². The third kappa shape index (κ3) is 3.88. The van der Waals surface area contributed by atoms with Crippen molar-refractivity contribution in [2.45, 2.75) is 32.6 Å². The van der Waals surface area contributed by atoms with Crippen LogP contribution < -0.4 is 22.0 Å². The van der Waals surface area contributed by atoms with Crippen molar-refractivity contribution in [3.05, 3.63) is 64.7 Å². The number of nitrogens with one attached hydrogen (secondary N) is 3. The Hall–Kier alpha value is -2.39. The summed E-state index contributed by atoms with van der Waals surface area (Å²) >= 11 is 0. The number of carbonyl (C=O) groups excluding carboxylic acids is 1. The molecule has 2 aromatic rings. The van der Waals surface area contributed by atoms with E-state index in [1.807, 2.05) is 26.0 Å². The average Bonchev–Trinajstić information content (AvgIpc) is 2.95. The van der Waals surface area contributed by atoms with E-state index in [4.69, 9.17) is 5.73 Å². The number of benzene rings is 2.